The number of aromatic amines is 1. The quantitative estimate of drug-likeness (QED) is 0.766. The summed E-state index contributed by atoms with van der Waals surface area (Å²) in [7, 11) is 0. The minimum absolute atomic E-state index is 0.145. The standard InChI is InChI=1S/C16H24N6O/c1-2-21-8-10-22(11-9-21)7-3-6-17-16-18-12-13-4-5-14(23)19-15(13)20-16/h4-5,12H,2-3,6-11H2,1H3,(H2,17,18,19,20,23). The van der Waals surface area contributed by atoms with Gasteiger partial charge in [-0.25, -0.2) is 4.98 Å². The summed E-state index contributed by atoms with van der Waals surface area (Å²) in [5.74, 6) is 0.565. The van der Waals surface area contributed by atoms with E-state index in [4.69, 9.17) is 0 Å². The van der Waals surface area contributed by atoms with Gasteiger partial charge in [-0.2, -0.15) is 4.98 Å². The van der Waals surface area contributed by atoms with E-state index in [2.05, 4.69) is 37.0 Å². The van der Waals surface area contributed by atoms with Crippen molar-refractivity contribution in [1.29, 1.82) is 0 Å². The van der Waals surface area contributed by atoms with Gasteiger partial charge in [-0.15, -0.1) is 0 Å². The van der Waals surface area contributed by atoms with Gasteiger partial charge in [0.1, 0.15) is 5.65 Å². The number of fused-ring (bicyclic) bond motifs is 1. The van der Waals surface area contributed by atoms with Gasteiger partial charge in [-0.3, -0.25) is 4.79 Å². The van der Waals surface area contributed by atoms with Gasteiger partial charge in [0.05, 0.1) is 0 Å². The number of hydrogen-bond donors (Lipinski definition) is 2. The lowest BCUT2D eigenvalue weighted by Gasteiger charge is -2.33. The monoisotopic (exact) mass is 316 g/mol. The lowest BCUT2D eigenvalue weighted by molar-refractivity contribution is 0.137. The average molecular weight is 316 g/mol. The minimum Gasteiger partial charge on any atom is -0.354 e. The van der Waals surface area contributed by atoms with Gasteiger partial charge in [0.25, 0.3) is 0 Å². The molecule has 0 spiro atoms. The molecule has 0 aromatic carbocycles. The summed E-state index contributed by atoms with van der Waals surface area (Å²) in [6, 6.07) is 3.21. The van der Waals surface area contributed by atoms with E-state index < -0.39 is 0 Å². The van der Waals surface area contributed by atoms with E-state index in [1.807, 2.05) is 0 Å². The van der Waals surface area contributed by atoms with Crippen LogP contribution < -0.4 is 10.9 Å². The lowest BCUT2D eigenvalue weighted by Crippen LogP contribution is -2.46. The first-order valence-corrected chi connectivity index (χ1v) is 8.29. The molecule has 2 N–H and O–H groups in total. The Morgan fingerprint density at radius 3 is 2.78 bits per heavy atom. The van der Waals surface area contributed by atoms with Crippen molar-refractivity contribution in [2.45, 2.75) is 13.3 Å². The van der Waals surface area contributed by atoms with Crippen molar-refractivity contribution in [1.82, 2.24) is 24.8 Å². The molecule has 7 heteroatoms. The molecule has 0 aliphatic carbocycles. The van der Waals surface area contributed by atoms with Gasteiger partial charge in [-0.05, 0) is 25.6 Å². The molecular weight excluding hydrogens is 292 g/mol. The van der Waals surface area contributed by atoms with Crippen LogP contribution in [0.5, 0.6) is 0 Å². The number of hydrogen-bond acceptors (Lipinski definition) is 6. The Labute approximate surface area is 135 Å². The molecule has 1 aliphatic heterocycles. The second-order valence-corrected chi connectivity index (χ2v) is 5.88. The van der Waals surface area contributed by atoms with Crippen LogP contribution >= 0.6 is 0 Å². The zero-order valence-corrected chi connectivity index (χ0v) is 13.6. The van der Waals surface area contributed by atoms with Crippen LogP contribution in [-0.2, 0) is 0 Å². The Kier molecular flexibility index (Phi) is 5.19. The van der Waals surface area contributed by atoms with Crippen LogP contribution in [0.25, 0.3) is 11.0 Å². The highest BCUT2D eigenvalue weighted by molar-refractivity contribution is 5.74. The normalized spacial score (nSPS) is 16.7. The molecule has 3 rings (SSSR count). The first kappa shape index (κ1) is 15.9. The summed E-state index contributed by atoms with van der Waals surface area (Å²) < 4.78 is 0. The number of anilines is 1. The number of likely N-dealkylation sites (N-methyl/N-ethyl adjacent to an activating group) is 1. The van der Waals surface area contributed by atoms with Gasteiger partial charge < -0.3 is 20.1 Å². The number of H-pyrrole nitrogens is 1. The van der Waals surface area contributed by atoms with Crippen LogP contribution in [0, 0.1) is 0 Å². The SMILES string of the molecule is CCN1CCN(CCCNc2ncc3ccc(=O)[nH]c3n2)CC1. The fourth-order valence-electron chi connectivity index (χ4n) is 2.85. The van der Waals surface area contributed by atoms with Gasteiger partial charge in [0, 0.05) is 50.4 Å². The highest BCUT2D eigenvalue weighted by atomic mass is 16.1. The molecule has 7 nitrogen and oxygen atoms in total. The molecule has 2 aromatic rings. The summed E-state index contributed by atoms with van der Waals surface area (Å²) in [5.41, 5.74) is 0.430. The van der Waals surface area contributed by atoms with E-state index in [0.717, 1.165) is 44.5 Å². The zero-order valence-electron chi connectivity index (χ0n) is 13.6. The zero-order chi connectivity index (χ0) is 16.1. The number of pyridine rings is 1. The van der Waals surface area contributed by atoms with Crippen LogP contribution in [0.3, 0.4) is 0 Å². The van der Waals surface area contributed by atoms with Gasteiger partial charge in [-0.1, -0.05) is 6.92 Å². The van der Waals surface area contributed by atoms with Crippen molar-refractivity contribution in [2.75, 3.05) is 51.1 Å². The van der Waals surface area contributed by atoms with Crippen molar-refractivity contribution in [3.8, 4) is 0 Å². The summed E-state index contributed by atoms with van der Waals surface area (Å²) in [4.78, 5) is 27.7. The molecule has 1 saturated heterocycles. The molecule has 0 unspecified atom stereocenters. The molecule has 3 heterocycles. The summed E-state index contributed by atoms with van der Waals surface area (Å²) in [6.07, 6.45) is 2.78. The van der Waals surface area contributed by atoms with Gasteiger partial charge >= 0.3 is 0 Å². The second kappa shape index (κ2) is 7.52. The number of piperazine rings is 1. The molecule has 124 valence electrons. The molecule has 2 aromatic heterocycles. The Bertz CT molecular complexity index is 692. The third kappa shape index (κ3) is 4.27. The summed E-state index contributed by atoms with van der Waals surface area (Å²) in [5, 5.41) is 4.07. The van der Waals surface area contributed by atoms with E-state index in [-0.39, 0.29) is 5.56 Å². The van der Waals surface area contributed by atoms with Crippen LogP contribution in [-0.4, -0.2) is 70.6 Å². The Morgan fingerprint density at radius 1 is 1.22 bits per heavy atom. The molecule has 1 fully saturated rings. The van der Waals surface area contributed by atoms with Crippen molar-refractivity contribution < 1.29 is 0 Å². The Balaban J connectivity index is 1.45. The first-order valence-electron chi connectivity index (χ1n) is 8.29. The summed E-state index contributed by atoms with van der Waals surface area (Å²) >= 11 is 0. The molecule has 0 radical (unpaired) electrons. The minimum atomic E-state index is -0.145. The van der Waals surface area contributed by atoms with Crippen LogP contribution in [0.15, 0.2) is 23.1 Å². The van der Waals surface area contributed by atoms with Crippen LogP contribution in [0.4, 0.5) is 5.95 Å². The van der Waals surface area contributed by atoms with Gasteiger partial charge in [0.15, 0.2) is 0 Å². The smallest absolute Gasteiger partial charge is 0.249 e. The molecule has 0 atom stereocenters. The molecule has 1 aliphatic rings. The molecular formula is C16H24N6O. The maximum atomic E-state index is 11.3. The largest absolute Gasteiger partial charge is 0.354 e. The topological polar surface area (TPSA) is 77.1 Å². The third-order valence-electron chi connectivity index (χ3n) is 4.32. The molecule has 23 heavy (non-hydrogen) atoms. The van der Waals surface area contributed by atoms with E-state index >= 15 is 0 Å². The number of rotatable bonds is 6. The molecule has 0 amide bonds. The number of nitrogens with zero attached hydrogens (tertiary/aromatic N) is 4. The molecule has 0 bridgehead atoms. The van der Waals surface area contributed by atoms with E-state index in [1.54, 1.807) is 12.3 Å². The van der Waals surface area contributed by atoms with Crippen molar-refractivity contribution in [3.63, 3.8) is 0 Å². The van der Waals surface area contributed by atoms with E-state index in [1.165, 1.54) is 19.2 Å². The fourth-order valence-corrected chi connectivity index (χ4v) is 2.85. The highest BCUT2D eigenvalue weighted by Gasteiger charge is 2.14. The van der Waals surface area contributed by atoms with Gasteiger partial charge in [0.2, 0.25) is 11.5 Å². The Hall–Kier alpha value is -1.99. The maximum Gasteiger partial charge on any atom is 0.249 e. The Morgan fingerprint density at radius 2 is 2.00 bits per heavy atom. The van der Waals surface area contributed by atoms with E-state index in [0.29, 0.717) is 11.6 Å². The molecule has 0 saturated carbocycles. The van der Waals surface area contributed by atoms with Crippen molar-refractivity contribution in [3.05, 3.63) is 28.7 Å². The van der Waals surface area contributed by atoms with Crippen molar-refractivity contribution >= 4 is 17.0 Å². The average Bonchev–Trinajstić information content (AvgIpc) is 2.59. The third-order valence-corrected chi connectivity index (χ3v) is 4.32. The predicted octanol–water partition coefficient (Wildman–Crippen LogP) is 0.758. The van der Waals surface area contributed by atoms with Crippen molar-refractivity contribution in [2.24, 2.45) is 0 Å². The first-order chi connectivity index (χ1) is 11.2. The second-order valence-electron chi connectivity index (χ2n) is 5.88. The van der Waals surface area contributed by atoms with Crippen LogP contribution in [0.2, 0.25) is 0 Å². The van der Waals surface area contributed by atoms with E-state index in [9.17, 15) is 4.79 Å². The highest BCUT2D eigenvalue weighted by Crippen LogP contribution is 2.08. The summed E-state index contributed by atoms with van der Waals surface area (Å²) in [6.45, 7) is 9.94. The lowest BCUT2D eigenvalue weighted by atomic mass is 10.3. The maximum absolute atomic E-state index is 11.3. The number of aromatic nitrogens is 3. The number of nitrogens with one attached hydrogen (secondary N) is 2. The van der Waals surface area contributed by atoms with Crippen LogP contribution in [0.1, 0.15) is 13.3 Å². The predicted molar refractivity (Wildman–Crippen MR) is 91.8 cm³/mol. The fraction of sp³-hybridized carbons (Fsp3) is 0.562.